The summed E-state index contributed by atoms with van der Waals surface area (Å²) in [5.74, 6) is -0.276. The van der Waals surface area contributed by atoms with E-state index in [0.29, 0.717) is 32.7 Å². The van der Waals surface area contributed by atoms with Gasteiger partial charge in [-0.05, 0) is 48.0 Å². The van der Waals surface area contributed by atoms with Gasteiger partial charge < -0.3 is 9.80 Å². The van der Waals surface area contributed by atoms with Gasteiger partial charge in [0.05, 0.1) is 6.54 Å². The van der Waals surface area contributed by atoms with Crippen LogP contribution in [0.25, 0.3) is 17.3 Å². The first kappa shape index (κ1) is 22.5. The molecule has 0 saturated carbocycles. The third-order valence-electron chi connectivity index (χ3n) is 6.10. The van der Waals surface area contributed by atoms with Crippen LogP contribution in [0.15, 0.2) is 91.4 Å². The van der Waals surface area contributed by atoms with Gasteiger partial charge in [0, 0.05) is 67.7 Å². The number of piperazine rings is 1. The normalized spacial score (nSPS) is 14.0. The van der Waals surface area contributed by atoms with Gasteiger partial charge in [0.15, 0.2) is 0 Å². The second-order valence-electron chi connectivity index (χ2n) is 8.48. The average molecular weight is 468 g/mol. The number of aromatic nitrogens is 3. The predicted octanol–water partition coefficient (Wildman–Crippen LogP) is 4.49. The maximum atomic E-state index is 13.2. The van der Waals surface area contributed by atoms with Crippen molar-refractivity contribution in [1.29, 1.82) is 0 Å². The Morgan fingerprint density at radius 3 is 2.43 bits per heavy atom. The van der Waals surface area contributed by atoms with Crippen LogP contribution in [0.2, 0.25) is 0 Å². The summed E-state index contributed by atoms with van der Waals surface area (Å²) >= 11 is 0. The molecule has 2 aromatic carbocycles. The van der Waals surface area contributed by atoms with Gasteiger partial charge in [-0.25, -0.2) is 4.39 Å². The van der Waals surface area contributed by atoms with Crippen molar-refractivity contribution in [3.05, 3.63) is 108 Å². The number of amides is 1. The molecule has 0 aliphatic carbocycles. The second-order valence-corrected chi connectivity index (χ2v) is 8.48. The molecule has 2 aromatic heterocycles. The van der Waals surface area contributed by atoms with Crippen molar-refractivity contribution in [3.63, 3.8) is 0 Å². The Kier molecular flexibility index (Phi) is 6.66. The summed E-state index contributed by atoms with van der Waals surface area (Å²) in [5, 5.41) is 4.78. The van der Waals surface area contributed by atoms with Crippen molar-refractivity contribution in [2.24, 2.45) is 0 Å². The van der Waals surface area contributed by atoms with Crippen molar-refractivity contribution in [2.75, 3.05) is 31.1 Å². The molecular weight excluding hydrogens is 441 g/mol. The van der Waals surface area contributed by atoms with Crippen LogP contribution in [0.4, 0.5) is 10.1 Å². The first-order valence-corrected chi connectivity index (χ1v) is 11.6. The van der Waals surface area contributed by atoms with Gasteiger partial charge in [-0.3, -0.25) is 14.5 Å². The number of rotatable bonds is 6. The SMILES string of the molecule is O=C(/C=C/c1cn(Cc2ccccc2)nc1-c1cccnc1)N1CCN(c2ccc(F)cc2)CC1. The zero-order chi connectivity index (χ0) is 24.0. The molecule has 0 atom stereocenters. The van der Waals surface area contributed by atoms with E-state index in [-0.39, 0.29) is 11.7 Å². The third kappa shape index (κ3) is 5.46. The molecule has 7 heteroatoms. The molecule has 1 aliphatic rings. The summed E-state index contributed by atoms with van der Waals surface area (Å²) in [6, 6.07) is 20.5. The number of carbonyl (C=O) groups is 1. The maximum Gasteiger partial charge on any atom is 0.246 e. The molecule has 3 heterocycles. The van der Waals surface area contributed by atoms with Crippen LogP contribution in [-0.2, 0) is 11.3 Å². The quantitative estimate of drug-likeness (QED) is 0.392. The molecule has 1 aliphatic heterocycles. The second kappa shape index (κ2) is 10.3. The number of anilines is 1. The standard InChI is InChI=1S/C28H26FN5O/c29-25-9-11-26(12-10-25)32-15-17-33(18-16-32)27(35)13-8-24-21-34(20-22-5-2-1-3-6-22)31-28(24)23-7-4-14-30-19-23/h1-14,19,21H,15-18,20H2/b13-8+. The average Bonchev–Trinajstić information content (AvgIpc) is 3.31. The van der Waals surface area contributed by atoms with Gasteiger partial charge in [0.1, 0.15) is 11.5 Å². The molecule has 0 unspecified atom stereocenters. The van der Waals surface area contributed by atoms with Crippen LogP contribution in [0.3, 0.4) is 0 Å². The summed E-state index contributed by atoms with van der Waals surface area (Å²) in [5.41, 5.74) is 4.69. The number of nitrogens with zero attached hydrogens (tertiary/aromatic N) is 5. The van der Waals surface area contributed by atoms with Crippen LogP contribution in [-0.4, -0.2) is 51.8 Å². The molecule has 4 aromatic rings. The van der Waals surface area contributed by atoms with Gasteiger partial charge >= 0.3 is 0 Å². The Morgan fingerprint density at radius 1 is 0.943 bits per heavy atom. The lowest BCUT2D eigenvalue weighted by molar-refractivity contribution is -0.126. The Balaban J connectivity index is 1.29. The number of hydrogen-bond acceptors (Lipinski definition) is 4. The summed E-state index contributed by atoms with van der Waals surface area (Å²) in [7, 11) is 0. The smallest absolute Gasteiger partial charge is 0.246 e. The van der Waals surface area contributed by atoms with E-state index < -0.39 is 0 Å². The monoisotopic (exact) mass is 467 g/mol. The van der Waals surface area contributed by atoms with E-state index in [1.165, 1.54) is 12.1 Å². The molecule has 0 spiro atoms. The minimum atomic E-state index is -0.245. The minimum absolute atomic E-state index is 0.0308. The fourth-order valence-corrected chi connectivity index (χ4v) is 4.24. The first-order valence-electron chi connectivity index (χ1n) is 11.6. The number of carbonyl (C=O) groups excluding carboxylic acids is 1. The van der Waals surface area contributed by atoms with Crippen LogP contribution in [0.1, 0.15) is 11.1 Å². The highest BCUT2D eigenvalue weighted by Crippen LogP contribution is 2.23. The molecule has 0 N–H and O–H groups in total. The van der Waals surface area contributed by atoms with E-state index in [1.54, 1.807) is 30.6 Å². The number of hydrogen-bond donors (Lipinski definition) is 0. The maximum absolute atomic E-state index is 13.2. The van der Waals surface area contributed by atoms with Crippen molar-refractivity contribution in [3.8, 4) is 11.3 Å². The van der Waals surface area contributed by atoms with Crippen molar-refractivity contribution in [2.45, 2.75) is 6.54 Å². The molecule has 1 fully saturated rings. The summed E-state index contributed by atoms with van der Waals surface area (Å²) in [6.45, 7) is 3.29. The van der Waals surface area contributed by atoms with E-state index >= 15 is 0 Å². The molecule has 35 heavy (non-hydrogen) atoms. The molecule has 176 valence electrons. The molecule has 1 amide bonds. The van der Waals surface area contributed by atoms with Crippen molar-refractivity contribution < 1.29 is 9.18 Å². The van der Waals surface area contributed by atoms with E-state index in [4.69, 9.17) is 5.10 Å². The highest BCUT2D eigenvalue weighted by molar-refractivity contribution is 5.93. The molecule has 6 nitrogen and oxygen atoms in total. The lowest BCUT2D eigenvalue weighted by Gasteiger charge is -2.35. The Labute approximate surface area is 204 Å². The van der Waals surface area contributed by atoms with Crippen molar-refractivity contribution in [1.82, 2.24) is 19.7 Å². The Morgan fingerprint density at radius 2 is 1.71 bits per heavy atom. The number of benzene rings is 2. The molecular formula is C28H26FN5O. The van der Waals surface area contributed by atoms with Crippen LogP contribution in [0, 0.1) is 5.82 Å². The Hall–Kier alpha value is -4.26. The third-order valence-corrected chi connectivity index (χ3v) is 6.10. The highest BCUT2D eigenvalue weighted by Gasteiger charge is 2.20. The Bertz CT molecular complexity index is 1290. The van der Waals surface area contributed by atoms with E-state index in [0.717, 1.165) is 28.1 Å². The lowest BCUT2D eigenvalue weighted by atomic mass is 10.1. The lowest BCUT2D eigenvalue weighted by Crippen LogP contribution is -2.48. The van der Waals surface area contributed by atoms with Crippen LogP contribution in [0.5, 0.6) is 0 Å². The largest absolute Gasteiger partial charge is 0.368 e. The number of halogens is 1. The molecule has 1 saturated heterocycles. The van der Waals surface area contributed by atoms with Gasteiger partial charge in [-0.1, -0.05) is 30.3 Å². The van der Waals surface area contributed by atoms with Crippen molar-refractivity contribution >= 4 is 17.7 Å². The summed E-state index contributed by atoms with van der Waals surface area (Å²) < 4.78 is 15.1. The zero-order valence-corrected chi connectivity index (χ0v) is 19.3. The van der Waals surface area contributed by atoms with Gasteiger partial charge in [-0.2, -0.15) is 5.10 Å². The van der Waals surface area contributed by atoms with E-state index in [9.17, 15) is 9.18 Å². The minimum Gasteiger partial charge on any atom is -0.368 e. The van der Waals surface area contributed by atoms with Crippen LogP contribution < -0.4 is 4.90 Å². The van der Waals surface area contributed by atoms with Gasteiger partial charge in [-0.15, -0.1) is 0 Å². The zero-order valence-electron chi connectivity index (χ0n) is 19.3. The fraction of sp³-hybridized carbons (Fsp3) is 0.179. The van der Waals surface area contributed by atoms with Crippen LogP contribution >= 0.6 is 0 Å². The topological polar surface area (TPSA) is 54.3 Å². The molecule has 5 rings (SSSR count). The fourth-order valence-electron chi connectivity index (χ4n) is 4.24. The van der Waals surface area contributed by atoms with Gasteiger partial charge in [0.25, 0.3) is 0 Å². The predicted molar refractivity (Wildman–Crippen MR) is 135 cm³/mol. The van der Waals surface area contributed by atoms with E-state index in [2.05, 4.69) is 22.0 Å². The molecule has 0 radical (unpaired) electrons. The summed E-state index contributed by atoms with van der Waals surface area (Å²) in [6.07, 6.45) is 8.94. The van der Waals surface area contributed by atoms with E-state index in [1.807, 2.05) is 52.2 Å². The number of pyridine rings is 1. The van der Waals surface area contributed by atoms with Gasteiger partial charge in [0.2, 0.25) is 5.91 Å². The molecule has 0 bridgehead atoms. The summed E-state index contributed by atoms with van der Waals surface area (Å²) in [4.78, 5) is 21.2. The first-order chi connectivity index (χ1) is 17.2. The highest BCUT2D eigenvalue weighted by atomic mass is 19.1.